The van der Waals surface area contributed by atoms with E-state index in [1.54, 1.807) is 11.3 Å². The van der Waals surface area contributed by atoms with Gasteiger partial charge in [0, 0.05) is 49.6 Å². The molecule has 2 unspecified atom stereocenters. The van der Waals surface area contributed by atoms with E-state index in [4.69, 9.17) is 4.74 Å². The summed E-state index contributed by atoms with van der Waals surface area (Å²) in [5.74, 6) is -0.318. The van der Waals surface area contributed by atoms with Gasteiger partial charge in [0.05, 0.1) is 17.1 Å². The van der Waals surface area contributed by atoms with E-state index in [-0.39, 0.29) is 41.9 Å². The zero-order valence-electron chi connectivity index (χ0n) is 18.8. The molecule has 2 aliphatic rings. The molecular formula is C23H29N3O5S2. The minimum absolute atomic E-state index is 0.0163. The molecule has 33 heavy (non-hydrogen) atoms. The Balaban J connectivity index is 1.29. The van der Waals surface area contributed by atoms with Crippen LogP contribution in [-0.4, -0.2) is 67.8 Å². The van der Waals surface area contributed by atoms with Gasteiger partial charge in [-0.05, 0) is 61.5 Å². The molecule has 0 saturated carbocycles. The van der Waals surface area contributed by atoms with Crippen LogP contribution in [0.5, 0.6) is 0 Å². The van der Waals surface area contributed by atoms with Crippen molar-refractivity contribution < 1.29 is 22.7 Å². The molecule has 2 aromatic rings. The van der Waals surface area contributed by atoms with Gasteiger partial charge in [0.1, 0.15) is 0 Å². The highest BCUT2D eigenvalue weighted by atomic mass is 32.2. The number of morpholine rings is 1. The predicted octanol–water partition coefficient (Wildman–Crippen LogP) is 2.25. The van der Waals surface area contributed by atoms with Crippen LogP contribution >= 0.6 is 11.3 Å². The Morgan fingerprint density at radius 2 is 1.82 bits per heavy atom. The summed E-state index contributed by atoms with van der Waals surface area (Å²) >= 11 is 1.73. The van der Waals surface area contributed by atoms with Crippen LogP contribution in [0.15, 0.2) is 40.6 Å². The zero-order chi connectivity index (χ0) is 23.6. The van der Waals surface area contributed by atoms with E-state index in [0.29, 0.717) is 31.7 Å². The maximum atomic E-state index is 12.9. The lowest BCUT2D eigenvalue weighted by Gasteiger charge is -2.34. The summed E-state index contributed by atoms with van der Waals surface area (Å²) in [7, 11) is -3.66. The first-order chi connectivity index (χ1) is 15.7. The predicted molar refractivity (Wildman–Crippen MR) is 126 cm³/mol. The van der Waals surface area contributed by atoms with E-state index >= 15 is 0 Å². The van der Waals surface area contributed by atoms with Crippen LogP contribution in [0.1, 0.15) is 41.1 Å². The third-order valence-electron chi connectivity index (χ3n) is 5.93. The second-order valence-electron chi connectivity index (χ2n) is 8.54. The second-order valence-corrected chi connectivity index (χ2v) is 11.5. The average Bonchev–Trinajstić information content (AvgIpc) is 3.26. The molecule has 10 heteroatoms. The van der Waals surface area contributed by atoms with Gasteiger partial charge in [0.2, 0.25) is 15.9 Å². The number of hydrogen-bond acceptors (Lipinski definition) is 6. The zero-order valence-corrected chi connectivity index (χ0v) is 20.5. The molecule has 3 heterocycles. The van der Waals surface area contributed by atoms with Gasteiger partial charge in [-0.15, -0.1) is 11.3 Å². The van der Waals surface area contributed by atoms with E-state index in [2.05, 4.69) is 16.8 Å². The fraction of sp³-hybridized carbons (Fsp3) is 0.478. The van der Waals surface area contributed by atoms with E-state index in [1.165, 1.54) is 39.0 Å². The molecule has 2 amide bonds. The van der Waals surface area contributed by atoms with Crippen molar-refractivity contribution in [3.8, 4) is 0 Å². The minimum atomic E-state index is -3.66. The summed E-state index contributed by atoms with van der Waals surface area (Å²) in [5, 5.41) is 4.81. The number of fused-ring (bicyclic) bond motifs is 1. The van der Waals surface area contributed by atoms with Crippen LogP contribution in [0.2, 0.25) is 0 Å². The molecule has 2 aliphatic heterocycles. The van der Waals surface area contributed by atoms with Crippen molar-refractivity contribution in [2.45, 2.75) is 50.3 Å². The topological polar surface area (TPSA) is 96.0 Å². The summed E-state index contributed by atoms with van der Waals surface area (Å²) in [6.45, 7) is 5.86. The van der Waals surface area contributed by atoms with Crippen LogP contribution in [-0.2, 0) is 32.5 Å². The number of nitrogens with zero attached hydrogens (tertiary/aromatic N) is 2. The van der Waals surface area contributed by atoms with Gasteiger partial charge < -0.3 is 15.0 Å². The van der Waals surface area contributed by atoms with Crippen molar-refractivity contribution in [2.75, 3.05) is 26.2 Å². The number of sulfonamides is 1. The summed E-state index contributed by atoms with van der Waals surface area (Å²) in [6, 6.07) is 7.96. The Morgan fingerprint density at radius 1 is 1.12 bits per heavy atom. The highest BCUT2D eigenvalue weighted by molar-refractivity contribution is 7.89. The number of thiophene rings is 1. The first kappa shape index (κ1) is 23.9. The molecule has 1 aromatic heterocycles. The summed E-state index contributed by atoms with van der Waals surface area (Å²) in [6.07, 6.45) is 0.760. The molecule has 0 aliphatic carbocycles. The Labute approximate surface area is 198 Å². The SMILES string of the molecule is CC1CN(S(=O)(=O)c2ccc(C(=O)NCCC(=O)N3CCc4sccc4C3)cc2)CC(C)O1. The largest absolute Gasteiger partial charge is 0.373 e. The molecular weight excluding hydrogens is 462 g/mol. The quantitative estimate of drug-likeness (QED) is 0.669. The number of amides is 2. The van der Waals surface area contributed by atoms with Gasteiger partial charge in [-0.1, -0.05) is 0 Å². The molecule has 1 N–H and O–H groups in total. The standard InChI is InChI=1S/C23H29N3O5S2/c1-16-13-26(14-17(2)31-16)33(29,30)20-5-3-18(4-6-20)23(28)24-10-7-22(27)25-11-8-21-19(15-25)9-12-32-21/h3-6,9,12,16-17H,7-8,10-11,13-15H2,1-2H3,(H,24,28). The van der Waals surface area contributed by atoms with E-state index in [0.717, 1.165) is 6.42 Å². The third kappa shape index (κ3) is 5.46. The Morgan fingerprint density at radius 3 is 2.52 bits per heavy atom. The van der Waals surface area contributed by atoms with Crippen LogP contribution in [0.3, 0.4) is 0 Å². The van der Waals surface area contributed by atoms with Crippen molar-refractivity contribution in [3.63, 3.8) is 0 Å². The average molecular weight is 492 g/mol. The smallest absolute Gasteiger partial charge is 0.251 e. The van der Waals surface area contributed by atoms with Gasteiger partial charge in [-0.2, -0.15) is 4.31 Å². The highest BCUT2D eigenvalue weighted by Gasteiger charge is 2.32. The molecule has 1 saturated heterocycles. The van der Waals surface area contributed by atoms with E-state index in [9.17, 15) is 18.0 Å². The van der Waals surface area contributed by atoms with Crippen LogP contribution in [0.25, 0.3) is 0 Å². The molecule has 4 rings (SSSR count). The van der Waals surface area contributed by atoms with Crippen molar-refractivity contribution in [1.82, 2.24) is 14.5 Å². The lowest BCUT2D eigenvalue weighted by Crippen LogP contribution is -2.48. The van der Waals surface area contributed by atoms with Gasteiger partial charge in [0.15, 0.2) is 0 Å². The van der Waals surface area contributed by atoms with E-state index < -0.39 is 10.0 Å². The fourth-order valence-corrected chi connectivity index (χ4v) is 6.74. The van der Waals surface area contributed by atoms with Gasteiger partial charge in [-0.3, -0.25) is 9.59 Å². The monoisotopic (exact) mass is 491 g/mol. The molecule has 1 aromatic carbocycles. The Hall–Kier alpha value is -2.27. The minimum Gasteiger partial charge on any atom is -0.373 e. The number of benzene rings is 1. The van der Waals surface area contributed by atoms with Crippen molar-refractivity contribution in [3.05, 3.63) is 51.7 Å². The lowest BCUT2D eigenvalue weighted by molar-refractivity contribution is -0.131. The van der Waals surface area contributed by atoms with E-state index in [1.807, 2.05) is 18.7 Å². The second kappa shape index (κ2) is 9.92. The number of hydrogen-bond donors (Lipinski definition) is 1. The Bertz CT molecular complexity index is 1100. The molecule has 0 spiro atoms. The van der Waals surface area contributed by atoms with Crippen LogP contribution < -0.4 is 5.32 Å². The van der Waals surface area contributed by atoms with Crippen molar-refractivity contribution in [1.29, 1.82) is 0 Å². The van der Waals surface area contributed by atoms with Gasteiger partial charge >= 0.3 is 0 Å². The van der Waals surface area contributed by atoms with Crippen molar-refractivity contribution in [2.24, 2.45) is 0 Å². The first-order valence-corrected chi connectivity index (χ1v) is 13.4. The number of ether oxygens (including phenoxy) is 1. The summed E-state index contributed by atoms with van der Waals surface area (Å²) in [4.78, 5) is 28.3. The highest BCUT2D eigenvalue weighted by Crippen LogP contribution is 2.24. The number of rotatable bonds is 6. The molecule has 1 fully saturated rings. The molecule has 178 valence electrons. The normalized spacial score (nSPS) is 21.5. The lowest BCUT2D eigenvalue weighted by atomic mass is 10.1. The van der Waals surface area contributed by atoms with Gasteiger partial charge in [0.25, 0.3) is 5.91 Å². The van der Waals surface area contributed by atoms with Crippen LogP contribution in [0, 0.1) is 0 Å². The third-order valence-corrected chi connectivity index (χ3v) is 8.79. The van der Waals surface area contributed by atoms with Crippen molar-refractivity contribution >= 4 is 33.2 Å². The van der Waals surface area contributed by atoms with Crippen LogP contribution in [0.4, 0.5) is 0 Å². The maximum absolute atomic E-state index is 12.9. The molecule has 2 atom stereocenters. The molecule has 8 nitrogen and oxygen atoms in total. The van der Waals surface area contributed by atoms with Gasteiger partial charge in [-0.25, -0.2) is 8.42 Å². The molecule has 0 bridgehead atoms. The summed E-state index contributed by atoms with van der Waals surface area (Å²) in [5.41, 5.74) is 1.56. The maximum Gasteiger partial charge on any atom is 0.251 e. The Kier molecular flexibility index (Phi) is 7.18. The summed E-state index contributed by atoms with van der Waals surface area (Å²) < 4.78 is 32.9. The molecule has 0 radical (unpaired) electrons. The number of carbonyl (C=O) groups excluding carboxylic acids is 2. The first-order valence-electron chi connectivity index (χ1n) is 11.1. The fourth-order valence-electron chi connectivity index (χ4n) is 4.26. The number of carbonyl (C=O) groups is 2. The number of nitrogens with one attached hydrogen (secondary N) is 1.